The lowest BCUT2D eigenvalue weighted by atomic mass is 10.0. The average molecular weight is 242 g/mol. The lowest BCUT2D eigenvalue weighted by Gasteiger charge is -2.21. The van der Waals surface area contributed by atoms with Crippen molar-refractivity contribution in [3.8, 4) is 0 Å². The first-order chi connectivity index (χ1) is 8.00. The summed E-state index contributed by atoms with van der Waals surface area (Å²) in [5.41, 5.74) is 5.88. The highest BCUT2D eigenvalue weighted by Gasteiger charge is 2.21. The topological polar surface area (TPSA) is 55.6 Å². The number of nitrogens with zero attached hydrogens (tertiary/aromatic N) is 1. The Morgan fingerprint density at radius 1 is 1.47 bits per heavy atom. The Morgan fingerprint density at radius 3 is 2.65 bits per heavy atom. The molecule has 2 N–H and O–H groups in total. The monoisotopic (exact) mass is 242 g/mol. The van der Waals surface area contributed by atoms with Gasteiger partial charge in [0.15, 0.2) is 0 Å². The molecule has 1 rings (SSSR count). The number of carbonyl (C=O) groups is 1. The molecule has 0 bridgehead atoms. The second-order valence-corrected chi connectivity index (χ2v) is 5.45. The van der Waals surface area contributed by atoms with Crippen LogP contribution in [0.1, 0.15) is 33.1 Å². The number of hydrogen-bond acceptors (Lipinski definition) is 3. The summed E-state index contributed by atoms with van der Waals surface area (Å²) in [4.78, 5) is 13.5. The number of carbonyl (C=O) groups excluding carboxylic acids is 1. The van der Waals surface area contributed by atoms with Crippen LogP contribution in [0.25, 0.3) is 0 Å². The van der Waals surface area contributed by atoms with E-state index in [1.165, 1.54) is 12.8 Å². The zero-order chi connectivity index (χ0) is 12.8. The zero-order valence-electron chi connectivity index (χ0n) is 11.3. The highest BCUT2D eigenvalue weighted by molar-refractivity contribution is 5.76. The fraction of sp³-hybridized carbons (Fsp3) is 0.923. The Hall–Kier alpha value is -0.610. The molecule has 17 heavy (non-hydrogen) atoms. The van der Waals surface area contributed by atoms with E-state index >= 15 is 0 Å². The lowest BCUT2D eigenvalue weighted by Crippen LogP contribution is -2.37. The van der Waals surface area contributed by atoms with Gasteiger partial charge in [0.05, 0.1) is 6.61 Å². The third-order valence-corrected chi connectivity index (χ3v) is 3.31. The van der Waals surface area contributed by atoms with Gasteiger partial charge in [-0.1, -0.05) is 13.8 Å². The van der Waals surface area contributed by atoms with Crippen molar-refractivity contribution in [3.05, 3.63) is 0 Å². The van der Waals surface area contributed by atoms with Gasteiger partial charge < -0.3 is 15.4 Å². The lowest BCUT2D eigenvalue weighted by molar-refractivity contribution is -0.131. The van der Waals surface area contributed by atoms with Gasteiger partial charge in [0.2, 0.25) is 5.91 Å². The maximum atomic E-state index is 11.8. The van der Waals surface area contributed by atoms with Gasteiger partial charge in [0.25, 0.3) is 0 Å². The van der Waals surface area contributed by atoms with Crippen LogP contribution in [-0.2, 0) is 9.53 Å². The quantitative estimate of drug-likeness (QED) is 0.652. The van der Waals surface area contributed by atoms with Gasteiger partial charge in [-0.3, -0.25) is 4.79 Å². The summed E-state index contributed by atoms with van der Waals surface area (Å²) in [5, 5.41) is 0. The molecule has 1 fully saturated rings. The van der Waals surface area contributed by atoms with Crippen LogP contribution in [0.4, 0.5) is 0 Å². The maximum absolute atomic E-state index is 11.8. The van der Waals surface area contributed by atoms with E-state index in [1.807, 2.05) is 20.9 Å². The van der Waals surface area contributed by atoms with E-state index in [9.17, 15) is 4.79 Å². The molecule has 0 spiro atoms. The van der Waals surface area contributed by atoms with E-state index in [0.29, 0.717) is 25.5 Å². The predicted octanol–water partition coefficient (Wildman–Crippen LogP) is 1.24. The molecule has 0 heterocycles. The molecule has 0 aromatic rings. The largest absolute Gasteiger partial charge is 0.379 e. The first kappa shape index (κ1) is 14.5. The van der Waals surface area contributed by atoms with Crippen LogP contribution in [0.2, 0.25) is 0 Å². The van der Waals surface area contributed by atoms with Gasteiger partial charge in [-0.25, -0.2) is 0 Å². The number of ether oxygens (including phenoxy) is 1. The summed E-state index contributed by atoms with van der Waals surface area (Å²) in [6.07, 6.45) is 3.03. The van der Waals surface area contributed by atoms with Crippen molar-refractivity contribution in [3.63, 3.8) is 0 Å². The minimum Gasteiger partial charge on any atom is -0.379 e. The van der Waals surface area contributed by atoms with Crippen molar-refractivity contribution in [2.24, 2.45) is 17.6 Å². The molecule has 1 saturated carbocycles. The smallest absolute Gasteiger partial charge is 0.223 e. The molecular formula is C13H26N2O2. The number of nitrogens with two attached hydrogens (primary N) is 1. The minimum atomic E-state index is -0.0441. The third-order valence-electron chi connectivity index (χ3n) is 3.31. The van der Waals surface area contributed by atoms with Crippen molar-refractivity contribution in [1.29, 1.82) is 0 Å². The fourth-order valence-electron chi connectivity index (χ4n) is 1.45. The standard InChI is InChI=1S/C13H26N2O2/c1-10(2)12(14)8-13(16)15(3)6-7-17-9-11-4-5-11/h10-12H,4-9,14H2,1-3H3. The van der Waals surface area contributed by atoms with Crippen LogP contribution in [-0.4, -0.2) is 43.7 Å². The van der Waals surface area contributed by atoms with Crippen molar-refractivity contribution in [2.45, 2.75) is 39.2 Å². The zero-order valence-corrected chi connectivity index (χ0v) is 11.3. The number of hydrogen-bond donors (Lipinski definition) is 1. The highest BCUT2D eigenvalue weighted by Crippen LogP contribution is 2.28. The van der Waals surface area contributed by atoms with Crippen molar-refractivity contribution in [2.75, 3.05) is 26.8 Å². The van der Waals surface area contributed by atoms with Crippen LogP contribution in [0.5, 0.6) is 0 Å². The summed E-state index contributed by atoms with van der Waals surface area (Å²) in [5.74, 6) is 1.24. The van der Waals surface area contributed by atoms with Crippen LogP contribution >= 0.6 is 0 Å². The van der Waals surface area contributed by atoms with E-state index in [2.05, 4.69) is 0 Å². The summed E-state index contributed by atoms with van der Waals surface area (Å²) in [7, 11) is 1.82. The molecule has 0 radical (unpaired) electrons. The molecule has 100 valence electrons. The summed E-state index contributed by atoms with van der Waals surface area (Å²) in [6, 6.07) is -0.0441. The first-order valence-electron chi connectivity index (χ1n) is 6.58. The second kappa shape index (κ2) is 6.97. The van der Waals surface area contributed by atoms with Gasteiger partial charge >= 0.3 is 0 Å². The molecule has 0 saturated heterocycles. The molecular weight excluding hydrogens is 216 g/mol. The molecule has 4 nitrogen and oxygen atoms in total. The number of amides is 1. The SMILES string of the molecule is CC(C)C(N)CC(=O)N(C)CCOCC1CC1. The van der Waals surface area contributed by atoms with E-state index < -0.39 is 0 Å². The fourth-order valence-corrected chi connectivity index (χ4v) is 1.45. The molecule has 4 heteroatoms. The van der Waals surface area contributed by atoms with Crippen LogP contribution < -0.4 is 5.73 Å². The van der Waals surface area contributed by atoms with Crippen LogP contribution in [0, 0.1) is 11.8 Å². The van der Waals surface area contributed by atoms with Gasteiger partial charge in [0, 0.05) is 32.7 Å². The molecule has 1 atom stereocenters. The Kier molecular flexibility index (Phi) is 5.92. The normalized spacial score (nSPS) is 17.2. The molecule has 0 aromatic carbocycles. The Balaban J connectivity index is 2.07. The van der Waals surface area contributed by atoms with Gasteiger partial charge in [0.1, 0.15) is 0 Å². The van der Waals surface area contributed by atoms with E-state index in [-0.39, 0.29) is 11.9 Å². The van der Waals surface area contributed by atoms with E-state index in [1.54, 1.807) is 4.90 Å². The highest BCUT2D eigenvalue weighted by atomic mass is 16.5. The predicted molar refractivity (Wildman–Crippen MR) is 68.6 cm³/mol. The molecule has 0 aliphatic heterocycles. The minimum absolute atomic E-state index is 0.0441. The van der Waals surface area contributed by atoms with E-state index in [4.69, 9.17) is 10.5 Å². The van der Waals surface area contributed by atoms with Crippen molar-refractivity contribution >= 4 is 5.91 Å². The second-order valence-electron chi connectivity index (χ2n) is 5.45. The van der Waals surface area contributed by atoms with Gasteiger partial charge in [-0.2, -0.15) is 0 Å². The van der Waals surface area contributed by atoms with Crippen molar-refractivity contribution in [1.82, 2.24) is 4.90 Å². The Morgan fingerprint density at radius 2 is 2.12 bits per heavy atom. The molecule has 1 amide bonds. The van der Waals surface area contributed by atoms with E-state index in [0.717, 1.165) is 12.5 Å². The van der Waals surface area contributed by atoms with Gasteiger partial charge in [-0.15, -0.1) is 0 Å². The van der Waals surface area contributed by atoms with Crippen molar-refractivity contribution < 1.29 is 9.53 Å². The van der Waals surface area contributed by atoms with Gasteiger partial charge in [-0.05, 0) is 24.7 Å². The summed E-state index contributed by atoms with van der Waals surface area (Å²) >= 11 is 0. The first-order valence-corrected chi connectivity index (χ1v) is 6.58. The molecule has 1 unspecified atom stereocenters. The average Bonchev–Trinajstić information content (AvgIpc) is 3.07. The van der Waals surface area contributed by atoms with Crippen LogP contribution in [0.15, 0.2) is 0 Å². The number of likely N-dealkylation sites (N-methyl/N-ethyl adjacent to an activating group) is 1. The van der Waals surface area contributed by atoms with Crippen LogP contribution in [0.3, 0.4) is 0 Å². The third kappa shape index (κ3) is 6.03. The summed E-state index contributed by atoms with van der Waals surface area (Å²) < 4.78 is 5.51. The molecule has 0 aromatic heterocycles. The Bertz CT molecular complexity index is 240. The molecule has 1 aliphatic carbocycles. The Labute approximate surface area is 104 Å². The maximum Gasteiger partial charge on any atom is 0.223 e. The number of rotatable bonds is 8. The molecule has 1 aliphatic rings. The summed E-state index contributed by atoms with van der Waals surface area (Å²) in [6.45, 7) is 6.23.